The number of methoxy groups -OCH3 is 1. The molecule has 0 aromatic carbocycles. The van der Waals surface area contributed by atoms with Gasteiger partial charge in [0, 0.05) is 0 Å². The number of nitrogen functional groups attached to an aromatic ring is 1. The highest BCUT2D eigenvalue weighted by Gasteiger charge is 2.08. The Labute approximate surface area is 74.1 Å². The number of aromatic nitrogens is 1. The molecule has 0 bridgehead atoms. The molecule has 0 saturated carbocycles. The van der Waals surface area contributed by atoms with Crippen molar-refractivity contribution in [1.82, 2.24) is 4.98 Å². The number of nitrogens with two attached hydrogens (primary N) is 1. The van der Waals surface area contributed by atoms with E-state index in [0.717, 1.165) is 0 Å². The number of anilines is 1. The Balaban J connectivity index is 3.25. The van der Waals surface area contributed by atoms with Crippen LogP contribution in [0.3, 0.4) is 0 Å². The van der Waals surface area contributed by atoms with E-state index in [1.165, 1.54) is 13.3 Å². The highest BCUT2D eigenvalue weighted by molar-refractivity contribution is 6.39. The SMILES string of the molecule is COc1ncc(Cl)c(N)c1Cl. The maximum atomic E-state index is 5.70. The molecule has 2 N–H and O–H groups in total. The van der Waals surface area contributed by atoms with Gasteiger partial charge in [-0.2, -0.15) is 0 Å². The van der Waals surface area contributed by atoms with Crippen LogP contribution >= 0.6 is 23.2 Å². The first-order valence-electron chi connectivity index (χ1n) is 2.80. The predicted molar refractivity (Wildman–Crippen MR) is 45.2 cm³/mol. The maximum absolute atomic E-state index is 5.70. The van der Waals surface area contributed by atoms with Crippen molar-refractivity contribution in [3.8, 4) is 5.88 Å². The van der Waals surface area contributed by atoms with Gasteiger partial charge in [0.2, 0.25) is 5.88 Å². The van der Waals surface area contributed by atoms with Crippen LogP contribution in [0.2, 0.25) is 10.0 Å². The Kier molecular flexibility index (Phi) is 2.42. The van der Waals surface area contributed by atoms with Crippen LogP contribution in [0.15, 0.2) is 6.20 Å². The lowest BCUT2D eigenvalue weighted by Crippen LogP contribution is -1.94. The lowest BCUT2D eigenvalue weighted by atomic mass is 10.4. The third-order valence-corrected chi connectivity index (χ3v) is 1.84. The van der Waals surface area contributed by atoms with Crippen LogP contribution < -0.4 is 10.5 Å². The highest BCUT2D eigenvalue weighted by Crippen LogP contribution is 2.32. The molecule has 0 amide bonds. The standard InChI is InChI=1S/C6H6Cl2N2O/c1-11-6-4(8)5(9)3(7)2-10-6/h2H,1H3,(H2,9,10). The molecule has 0 saturated heterocycles. The Morgan fingerprint density at radius 3 is 2.73 bits per heavy atom. The van der Waals surface area contributed by atoms with Gasteiger partial charge >= 0.3 is 0 Å². The molecule has 5 heteroatoms. The number of rotatable bonds is 1. The van der Waals surface area contributed by atoms with Gasteiger partial charge in [-0.15, -0.1) is 0 Å². The zero-order valence-corrected chi connectivity index (χ0v) is 7.28. The topological polar surface area (TPSA) is 48.1 Å². The molecule has 0 atom stereocenters. The summed E-state index contributed by atoms with van der Waals surface area (Å²) >= 11 is 11.3. The summed E-state index contributed by atoms with van der Waals surface area (Å²) in [5.74, 6) is 0.286. The van der Waals surface area contributed by atoms with Crippen molar-refractivity contribution in [2.45, 2.75) is 0 Å². The largest absolute Gasteiger partial charge is 0.480 e. The van der Waals surface area contributed by atoms with Crippen molar-refractivity contribution >= 4 is 28.9 Å². The van der Waals surface area contributed by atoms with Gasteiger partial charge in [0.25, 0.3) is 0 Å². The number of nitrogens with zero attached hydrogens (tertiary/aromatic N) is 1. The number of ether oxygens (including phenoxy) is 1. The zero-order valence-electron chi connectivity index (χ0n) is 5.77. The lowest BCUT2D eigenvalue weighted by molar-refractivity contribution is 0.398. The second-order valence-corrected chi connectivity index (χ2v) is 2.63. The first-order valence-corrected chi connectivity index (χ1v) is 3.56. The van der Waals surface area contributed by atoms with E-state index in [0.29, 0.717) is 10.7 Å². The van der Waals surface area contributed by atoms with E-state index < -0.39 is 0 Å². The summed E-state index contributed by atoms with van der Waals surface area (Å²) in [7, 11) is 1.46. The van der Waals surface area contributed by atoms with Crippen molar-refractivity contribution < 1.29 is 4.74 Å². The first kappa shape index (κ1) is 8.43. The quantitative estimate of drug-likeness (QED) is 0.741. The van der Waals surface area contributed by atoms with Crippen LogP contribution in [0.25, 0.3) is 0 Å². The van der Waals surface area contributed by atoms with E-state index in [4.69, 9.17) is 33.7 Å². The van der Waals surface area contributed by atoms with Crippen LogP contribution in [0.5, 0.6) is 5.88 Å². The molecule has 3 nitrogen and oxygen atoms in total. The van der Waals surface area contributed by atoms with Crippen molar-refractivity contribution in [2.24, 2.45) is 0 Å². The summed E-state index contributed by atoms with van der Waals surface area (Å²) in [6, 6.07) is 0. The lowest BCUT2D eigenvalue weighted by Gasteiger charge is -2.04. The second kappa shape index (κ2) is 3.15. The van der Waals surface area contributed by atoms with Crippen molar-refractivity contribution in [3.05, 3.63) is 16.2 Å². The highest BCUT2D eigenvalue weighted by atomic mass is 35.5. The fourth-order valence-corrected chi connectivity index (χ4v) is 1.02. The normalized spacial score (nSPS) is 9.73. The van der Waals surface area contributed by atoms with Crippen LogP contribution in [-0.4, -0.2) is 12.1 Å². The summed E-state index contributed by atoms with van der Waals surface area (Å²) in [5.41, 5.74) is 5.77. The Hall–Kier alpha value is -0.670. The van der Waals surface area contributed by atoms with Crippen molar-refractivity contribution in [3.63, 3.8) is 0 Å². The van der Waals surface area contributed by atoms with Gasteiger partial charge < -0.3 is 10.5 Å². The van der Waals surface area contributed by atoms with E-state index in [1.807, 2.05) is 0 Å². The van der Waals surface area contributed by atoms with Crippen LogP contribution in [0, 0.1) is 0 Å². The average Bonchev–Trinajstić information content (AvgIpc) is 2.01. The van der Waals surface area contributed by atoms with E-state index in [9.17, 15) is 0 Å². The van der Waals surface area contributed by atoms with Gasteiger partial charge in [-0.1, -0.05) is 23.2 Å². The van der Waals surface area contributed by atoms with Gasteiger partial charge in [-0.3, -0.25) is 0 Å². The minimum absolute atomic E-state index is 0.250. The van der Waals surface area contributed by atoms with Gasteiger partial charge in [-0.05, 0) is 0 Å². The monoisotopic (exact) mass is 192 g/mol. The number of pyridine rings is 1. The van der Waals surface area contributed by atoms with Crippen LogP contribution in [0.1, 0.15) is 0 Å². The smallest absolute Gasteiger partial charge is 0.234 e. The molecule has 60 valence electrons. The fourth-order valence-electron chi connectivity index (χ4n) is 0.604. The predicted octanol–water partition coefficient (Wildman–Crippen LogP) is 1.98. The number of halogens is 2. The molecular formula is C6H6Cl2N2O. The summed E-state index contributed by atoms with van der Waals surface area (Å²) in [6.45, 7) is 0. The van der Waals surface area contributed by atoms with Gasteiger partial charge in [0.05, 0.1) is 24.0 Å². The van der Waals surface area contributed by atoms with Crippen LogP contribution in [0.4, 0.5) is 5.69 Å². The molecule has 1 rings (SSSR count). The van der Waals surface area contributed by atoms with Gasteiger partial charge in [0.15, 0.2) is 0 Å². The molecule has 0 aliphatic rings. The number of hydrogen-bond donors (Lipinski definition) is 1. The fraction of sp³-hybridized carbons (Fsp3) is 0.167. The summed E-state index contributed by atoms with van der Waals surface area (Å²) in [5, 5.41) is 0.579. The van der Waals surface area contributed by atoms with Crippen molar-refractivity contribution in [1.29, 1.82) is 0 Å². The van der Waals surface area contributed by atoms with Gasteiger partial charge in [0.1, 0.15) is 5.02 Å². The molecule has 11 heavy (non-hydrogen) atoms. The maximum Gasteiger partial charge on any atom is 0.234 e. The molecule has 0 unspecified atom stereocenters. The summed E-state index contributed by atoms with van der Waals surface area (Å²) in [6.07, 6.45) is 1.39. The minimum atomic E-state index is 0.250. The Morgan fingerprint density at radius 1 is 1.55 bits per heavy atom. The molecule has 0 aliphatic carbocycles. The molecule has 0 aliphatic heterocycles. The van der Waals surface area contributed by atoms with Gasteiger partial charge in [-0.25, -0.2) is 4.98 Å². The van der Waals surface area contributed by atoms with Crippen LogP contribution in [-0.2, 0) is 0 Å². The number of hydrogen-bond acceptors (Lipinski definition) is 3. The van der Waals surface area contributed by atoms with E-state index in [2.05, 4.69) is 4.98 Å². The zero-order chi connectivity index (χ0) is 8.43. The van der Waals surface area contributed by atoms with E-state index in [-0.39, 0.29) is 10.9 Å². The Morgan fingerprint density at radius 2 is 2.18 bits per heavy atom. The average molecular weight is 193 g/mol. The second-order valence-electron chi connectivity index (χ2n) is 1.84. The molecule has 1 aromatic rings. The van der Waals surface area contributed by atoms with E-state index in [1.54, 1.807) is 0 Å². The molecule has 0 radical (unpaired) electrons. The third kappa shape index (κ3) is 1.49. The third-order valence-electron chi connectivity index (χ3n) is 1.17. The molecular weight excluding hydrogens is 187 g/mol. The van der Waals surface area contributed by atoms with Crippen molar-refractivity contribution in [2.75, 3.05) is 12.8 Å². The van der Waals surface area contributed by atoms with E-state index >= 15 is 0 Å². The summed E-state index contributed by atoms with van der Waals surface area (Å²) in [4.78, 5) is 3.79. The molecule has 0 spiro atoms. The molecule has 1 aromatic heterocycles. The Bertz CT molecular complexity index is 278. The summed E-state index contributed by atoms with van der Waals surface area (Å²) < 4.78 is 4.80. The molecule has 1 heterocycles. The first-order chi connectivity index (χ1) is 5.16. The minimum Gasteiger partial charge on any atom is -0.480 e. The molecule has 0 fully saturated rings.